The first-order valence-corrected chi connectivity index (χ1v) is 8.36. The molecule has 0 heterocycles. The predicted molar refractivity (Wildman–Crippen MR) is 92.0 cm³/mol. The predicted octanol–water partition coefficient (Wildman–Crippen LogP) is 3.78. The molecular formula is C16H21F3N2O4S. The highest BCUT2D eigenvalue weighted by atomic mass is 32.2. The third kappa shape index (κ3) is 8.95. The van der Waals surface area contributed by atoms with Crippen LogP contribution in [0.5, 0.6) is 0 Å². The SMILES string of the molecule is COC(=O)C(COC(C)(C)C)NC(=O)Nc1ccc(SC(F)(F)F)cc1. The van der Waals surface area contributed by atoms with Crippen molar-refractivity contribution in [3.05, 3.63) is 24.3 Å². The molecule has 146 valence electrons. The Bertz CT molecular complexity index is 615. The molecule has 10 heteroatoms. The number of halogens is 3. The molecule has 0 fully saturated rings. The van der Waals surface area contributed by atoms with Crippen LogP contribution in [0.4, 0.5) is 23.7 Å². The second kappa shape index (κ2) is 9.13. The average Bonchev–Trinajstić information content (AvgIpc) is 2.50. The summed E-state index contributed by atoms with van der Waals surface area (Å²) in [6.07, 6.45) is 0. The van der Waals surface area contributed by atoms with Crippen molar-refractivity contribution in [2.75, 3.05) is 19.0 Å². The van der Waals surface area contributed by atoms with Crippen LogP contribution in [-0.4, -0.2) is 42.9 Å². The Kier molecular flexibility index (Phi) is 7.76. The Labute approximate surface area is 153 Å². The van der Waals surface area contributed by atoms with Crippen molar-refractivity contribution >= 4 is 29.4 Å². The minimum atomic E-state index is -4.38. The van der Waals surface area contributed by atoms with Gasteiger partial charge in [-0.05, 0) is 56.8 Å². The summed E-state index contributed by atoms with van der Waals surface area (Å²) in [6.45, 7) is 5.29. The van der Waals surface area contributed by atoms with Crippen LogP contribution < -0.4 is 10.6 Å². The number of carbonyl (C=O) groups is 2. The van der Waals surface area contributed by atoms with Crippen molar-refractivity contribution in [2.24, 2.45) is 0 Å². The molecule has 1 rings (SSSR count). The summed E-state index contributed by atoms with van der Waals surface area (Å²) in [4.78, 5) is 23.7. The lowest BCUT2D eigenvalue weighted by atomic mass is 10.2. The normalized spacial score (nSPS) is 13.0. The van der Waals surface area contributed by atoms with E-state index in [1.54, 1.807) is 20.8 Å². The molecule has 1 atom stereocenters. The lowest BCUT2D eigenvalue weighted by Gasteiger charge is -2.24. The molecule has 0 radical (unpaired) electrons. The molecule has 0 aliphatic carbocycles. The monoisotopic (exact) mass is 394 g/mol. The largest absolute Gasteiger partial charge is 0.467 e. The second-order valence-corrected chi connectivity index (χ2v) is 7.31. The highest BCUT2D eigenvalue weighted by Crippen LogP contribution is 2.36. The lowest BCUT2D eigenvalue weighted by Crippen LogP contribution is -2.47. The number of urea groups is 1. The molecular weight excluding hydrogens is 373 g/mol. The van der Waals surface area contributed by atoms with E-state index in [-0.39, 0.29) is 29.0 Å². The first-order chi connectivity index (χ1) is 11.9. The summed E-state index contributed by atoms with van der Waals surface area (Å²) in [5, 5.41) is 4.84. The van der Waals surface area contributed by atoms with Gasteiger partial charge >= 0.3 is 17.5 Å². The van der Waals surface area contributed by atoms with E-state index >= 15 is 0 Å². The van der Waals surface area contributed by atoms with Gasteiger partial charge in [0, 0.05) is 10.6 Å². The number of hydrogen-bond donors (Lipinski definition) is 2. The van der Waals surface area contributed by atoms with Crippen LogP contribution in [0.1, 0.15) is 20.8 Å². The molecule has 1 aromatic rings. The van der Waals surface area contributed by atoms with E-state index in [9.17, 15) is 22.8 Å². The number of rotatable bonds is 6. The van der Waals surface area contributed by atoms with Gasteiger partial charge in [0.05, 0.1) is 19.3 Å². The summed E-state index contributed by atoms with van der Waals surface area (Å²) < 4.78 is 47.0. The second-order valence-electron chi connectivity index (χ2n) is 6.17. The summed E-state index contributed by atoms with van der Waals surface area (Å²) in [5.41, 5.74) is -4.63. The zero-order chi connectivity index (χ0) is 20.0. The van der Waals surface area contributed by atoms with Crippen molar-refractivity contribution in [1.82, 2.24) is 5.32 Å². The van der Waals surface area contributed by atoms with Crippen LogP contribution in [-0.2, 0) is 14.3 Å². The molecule has 0 spiro atoms. The molecule has 1 unspecified atom stereocenters. The van der Waals surface area contributed by atoms with Gasteiger partial charge in [0.2, 0.25) is 0 Å². The number of alkyl halides is 3. The molecule has 0 aliphatic rings. The minimum Gasteiger partial charge on any atom is -0.467 e. The molecule has 26 heavy (non-hydrogen) atoms. The zero-order valence-electron chi connectivity index (χ0n) is 14.8. The number of ether oxygens (including phenoxy) is 2. The van der Waals surface area contributed by atoms with Crippen LogP contribution in [0.25, 0.3) is 0 Å². The topological polar surface area (TPSA) is 76.7 Å². The number of benzene rings is 1. The van der Waals surface area contributed by atoms with Crippen molar-refractivity contribution in [1.29, 1.82) is 0 Å². The Morgan fingerprint density at radius 2 is 1.73 bits per heavy atom. The minimum absolute atomic E-state index is 0.00512. The fraction of sp³-hybridized carbons (Fsp3) is 0.500. The van der Waals surface area contributed by atoms with E-state index in [1.807, 2.05) is 0 Å². The number of carbonyl (C=O) groups excluding carboxylic acids is 2. The highest BCUT2D eigenvalue weighted by molar-refractivity contribution is 8.00. The fourth-order valence-corrected chi connectivity index (χ4v) is 2.25. The maximum absolute atomic E-state index is 12.3. The Balaban J connectivity index is 2.65. The van der Waals surface area contributed by atoms with Gasteiger partial charge in [-0.3, -0.25) is 0 Å². The van der Waals surface area contributed by atoms with E-state index in [1.165, 1.54) is 31.4 Å². The van der Waals surface area contributed by atoms with Crippen LogP contribution in [0.15, 0.2) is 29.2 Å². The van der Waals surface area contributed by atoms with Crippen LogP contribution in [0.2, 0.25) is 0 Å². The summed E-state index contributed by atoms with van der Waals surface area (Å²) >= 11 is -0.251. The van der Waals surface area contributed by atoms with Gasteiger partial charge in [0.1, 0.15) is 0 Å². The first kappa shape index (κ1) is 22.1. The third-order valence-electron chi connectivity index (χ3n) is 2.82. The molecule has 0 saturated carbocycles. The van der Waals surface area contributed by atoms with Gasteiger partial charge < -0.3 is 20.1 Å². The summed E-state index contributed by atoms with van der Waals surface area (Å²) in [5.74, 6) is -0.679. The van der Waals surface area contributed by atoms with Crippen molar-refractivity contribution in [3.8, 4) is 0 Å². The fourth-order valence-electron chi connectivity index (χ4n) is 1.71. The Morgan fingerprint density at radius 3 is 2.19 bits per heavy atom. The smallest absolute Gasteiger partial charge is 0.446 e. The number of hydrogen-bond acceptors (Lipinski definition) is 5. The van der Waals surface area contributed by atoms with Crippen molar-refractivity contribution in [3.63, 3.8) is 0 Å². The number of thioether (sulfide) groups is 1. The molecule has 0 saturated heterocycles. The maximum atomic E-state index is 12.3. The molecule has 2 N–H and O–H groups in total. The molecule has 0 aromatic heterocycles. The summed E-state index contributed by atoms with van der Waals surface area (Å²) in [6, 6.07) is 3.37. The van der Waals surface area contributed by atoms with E-state index < -0.39 is 29.2 Å². The zero-order valence-corrected chi connectivity index (χ0v) is 15.6. The number of esters is 1. The molecule has 0 aliphatic heterocycles. The Morgan fingerprint density at radius 1 is 1.15 bits per heavy atom. The van der Waals surface area contributed by atoms with Gasteiger partial charge in [-0.15, -0.1) is 0 Å². The van der Waals surface area contributed by atoms with Crippen LogP contribution in [0, 0.1) is 0 Å². The van der Waals surface area contributed by atoms with Gasteiger partial charge in [-0.1, -0.05) is 0 Å². The molecule has 6 nitrogen and oxygen atoms in total. The van der Waals surface area contributed by atoms with Gasteiger partial charge in [0.15, 0.2) is 6.04 Å². The summed E-state index contributed by atoms with van der Waals surface area (Å²) in [7, 11) is 1.18. The van der Waals surface area contributed by atoms with Crippen molar-refractivity contribution < 1.29 is 32.2 Å². The van der Waals surface area contributed by atoms with Crippen molar-refractivity contribution in [2.45, 2.75) is 42.8 Å². The molecule has 0 bridgehead atoms. The third-order valence-corrected chi connectivity index (χ3v) is 3.56. The maximum Gasteiger partial charge on any atom is 0.446 e. The highest BCUT2D eigenvalue weighted by Gasteiger charge is 2.29. The number of anilines is 1. The van der Waals surface area contributed by atoms with Gasteiger partial charge in [0.25, 0.3) is 0 Å². The van der Waals surface area contributed by atoms with E-state index in [0.29, 0.717) is 0 Å². The van der Waals surface area contributed by atoms with Crippen LogP contribution >= 0.6 is 11.8 Å². The number of nitrogens with one attached hydrogen (secondary N) is 2. The quantitative estimate of drug-likeness (QED) is 0.567. The number of amides is 2. The van der Waals surface area contributed by atoms with Gasteiger partial charge in [-0.25, -0.2) is 9.59 Å². The van der Waals surface area contributed by atoms with Crippen LogP contribution in [0.3, 0.4) is 0 Å². The van der Waals surface area contributed by atoms with E-state index in [0.717, 1.165) is 0 Å². The molecule has 2 amide bonds. The average molecular weight is 394 g/mol. The standard InChI is InChI=1S/C16H21F3N2O4S/c1-15(2,3)25-9-12(13(22)24-4)21-14(23)20-10-5-7-11(8-6-10)26-16(17,18)19/h5-8,12H,9H2,1-4H3,(H2,20,21,23). The lowest BCUT2D eigenvalue weighted by molar-refractivity contribution is -0.145. The first-order valence-electron chi connectivity index (χ1n) is 7.55. The van der Waals surface area contributed by atoms with E-state index in [4.69, 9.17) is 4.74 Å². The number of methoxy groups -OCH3 is 1. The van der Waals surface area contributed by atoms with Gasteiger partial charge in [-0.2, -0.15) is 13.2 Å². The Hall–Kier alpha value is -1.94. The van der Waals surface area contributed by atoms with E-state index in [2.05, 4.69) is 15.4 Å². The molecule has 1 aromatic carbocycles.